The Morgan fingerprint density at radius 1 is 1.19 bits per heavy atom. The summed E-state index contributed by atoms with van der Waals surface area (Å²) in [5.41, 5.74) is 3.95. The SMILES string of the molecule is CC[C@H](NC(=O)CCC(=O)O)c1ccc2c(c1)CCCC2. The second-order valence-electron chi connectivity index (χ2n) is 5.66. The lowest BCUT2D eigenvalue weighted by Gasteiger charge is -2.21. The van der Waals surface area contributed by atoms with Gasteiger partial charge in [0, 0.05) is 6.42 Å². The number of amides is 1. The van der Waals surface area contributed by atoms with Crippen molar-refractivity contribution >= 4 is 11.9 Å². The molecule has 1 aromatic rings. The molecule has 0 heterocycles. The highest BCUT2D eigenvalue weighted by molar-refractivity contribution is 5.80. The predicted molar refractivity (Wildman–Crippen MR) is 81.1 cm³/mol. The summed E-state index contributed by atoms with van der Waals surface area (Å²) in [6, 6.07) is 6.45. The lowest BCUT2D eigenvalue weighted by molar-refractivity contribution is -0.138. The fourth-order valence-corrected chi connectivity index (χ4v) is 2.88. The topological polar surface area (TPSA) is 66.4 Å². The van der Waals surface area contributed by atoms with E-state index in [1.807, 2.05) is 6.92 Å². The number of carbonyl (C=O) groups is 2. The van der Waals surface area contributed by atoms with Crippen molar-refractivity contribution < 1.29 is 14.7 Å². The predicted octanol–water partition coefficient (Wildman–Crippen LogP) is 3.00. The summed E-state index contributed by atoms with van der Waals surface area (Å²) in [6.45, 7) is 2.03. The monoisotopic (exact) mass is 289 g/mol. The molecule has 0 unspecified atom stereocenters. The molecule has 0 saturated carbocycles. The van der Waals surface area contributed by atoms with Gasteiger partial charge in [-0.3, -0.25) is 9.59 Å². The van der Waals surface area contributed by atoms with Crippen LogP contribution in [0.15, 0.2) is 18.2 Å². The Bertz CT molecular complexity index is 525. The summed E-state index contributed by atoms with van der Waals surface area (Å²) in [7, 11) is 0. The van der Waals surface area contributed by atoms with E-state index in [4.69, 9.17) is 5.11 Å². The molecule has 1 atom stereocenters. The lowest BCUT2D eigenvalue weighted by Crippen LogP contribution is -2.28. The molecule has 0 aliphatic heterocycles. The Labute approximate surface area is 125 Å². The van der Waals surface area contributed by atoms with Crippen molar-refractivity contribution in [1.82, 2.24) is 5.32 Å². The van der Waals surface area contributed by atoms with Gasteiger partial charge in [0.2, 0.25) is 5.91 Å². The summed E-state index contributed by atoms with van der Waals surface area (Å²) in [6.07, 6.45) is 5.48. The minimum atomic E-state index is -0.938. The van der Waals surface area contributed by atoms with Crippen molar-refractivity contribution in [3.05, 3.63) is 34.9 Å². The van der Waals surface area contributed by atoms with Crippen molar-refractivity contribution in [2.45, 2.75) is 57.9 Å². The first-order chi connectivity index (χ1) is 10.1. The van der Waals surface area contributed by atoms with E-state index in [0.717, 1.165) is 24.8 Å². The van der Waals surface area contributed by atoms with Gasteiger partial charge in [-0.25, -0.2) is 0 Å². The molecule has 1 aliphatic carbocycles. The number of aliphatic carboxylic acids is 1. The standard InChI is InChI=1S/C17H23NO3/c1-2-15(18-16(19)9-10-17(20)21)14-8-7-12-5-3-4-6-13(12)11-14/h7-8,11,15H,2-6,9-10H2,1H3,(H,18,19)(H,20,21)/t15-/m0/s1. The fourth-order valence-electron chi connectivity index (χ4n) is 2.88. The van der Waals surface area contributed by atoms with Crippen molar-refractivity contribution in [3.63, 3.8) is 0 Å². The minimum Gasteiger partial charge on any atom is -0.481 e. The second kappa shape index (κ2) is 7.25. The Morgan fingerprint density at radius 3 is 2.57 bits per heavy atom. The number of carboxylic acid groups (broad SMARTS) is 1. The van der Waals surface area contributed by atoms with E-state index in [2.05, 4.69) is 23.5 Å². The zero-order chi connectivity index (χ0) is 15.2. The number of benzene rings is 1. The van der Waals surface area contributed by atoms with Crippen LogP contribution in [0.4, 0.5) is 0 Å². The summed E-state index contributed by atoms with van der Waals surface area (Å²) in [4.78, 5) is 22.3. The van der Waals surface area contributed by atoms with Crippen LogP contribution in [0.25, 0.3) is 0 Å². The molecule has 1 amide bonds. The maximum absolute atomic E-state index is 11.8. The first-order valence-corrected chi connectivity index (χ1v) is 7.73. The summed E-state index contributed by atoms with van der Waals surface area (Å²) in [5, 5.41) is 11.6. The molecule has 1 aromatic carbocycles. The number of aryl methyl sites for hydroxylation is 2. The molecule has 4 heteroatoms. The Balaban J connectivity index is 2.03. The van der Waals surface area contributed by atoms with Gasteiger partial charge in [0.15, 0.2) is 0 Å². The molecule has 0 aromatic heterocycles. The van der Waals surface area contributed by atoms with Gasteiger partial charge in [0.05, 0.1) is 12.5 Å². The molecule has 114 valence electrons. The molecule has 0 radical (unpaired) electrons. The van der Waals surface area contributed by atoms with Crippen LogP contribution in [0.3, 0.4) is 0 Å². The van der Waals surface area contributed by atoms with Gasteiger partial charge >= 0.3 is 5.97 Å². The number of hydrogen-bond acceptors (Lipinski definition) is 2. The first kappa shape index (κ1) is 15.5. The maximum atomic E-state index is 11.8. The highest BCUT2D eigenvalue weighted by Crippen LogP contribution is 2.26. The van der Waals surface area contributed by atoms with Gasteiger partial charge in [-0.2, -0.15) is 0 Å². The number of hydrogen-bond donors (Lipinski definition) is 2. The third kappa shape index (κ3) is 4.31. The number of fused-ring (bicyclic) bond motifs is 1. The molecule has 0 saturated heterocycles. The van der Waals surface area contributed by atoms with Crippen LogP contribution in [0, 0.1) is 0 Å². The van der Waals surface area contributed by atoms with E-state index in [-0.39, 0.29) is 24.8 Å². The van der Waals surface area contributed by atoms with E-state index in [1.165, 1.54) is 24.0 Å². The molecular formula is C17H23NO3. The molecule has 0 fully saturated rings. The van der Waals surface area contributed by atoms with Crippen LogP contribution in [0.2, 0.25) is 0 Å². The number of carbonyl (C=O) groups excluding carboxylic acids is 1. The fraction of sp³-hybridized carbons (Fsp3) is 0.529. The molecule has 4 nitrogen and oxygen atoms in total. The van der Waals surface area contributed by atoms with Crippen LogP contribution >= 0.6 is 0 Å². The first-order valence-electron chi connectivity index (χ1n) is 7.73. The van der Waals surface area contributed by atoms with Crippen molar-refractivity contribution in [2.24, 2.45) is 0 Å². The number of rotatable bonds is 6. The lowest BCUT2D eigenvalue weighted by atomic mass is 9.89. The summed E-state index contributed by atoms with van der Waals surface area (Å²) < 4.78 is 0. The summed E-state index contributed by atoms with van der Waals surface area (Å²) in [5.74, 6) is -1.13. The Hall–Kier alpha value is -1.84. The second-order valence-corrected chi connectivity index (χ2v) is 5.66. The van der Waals surface area contributed by atoms with Crippen LogP contribution < -0.4 is 5.32 Å². The van der Waals surface area contributed by atoms with Gasteiger partial charge < -0.3 is 10.4 Å². The van der Waals surface area contributed by atoms with E-state index in [1.54, 1.807) is 0 Å². The van der Waals surface area contributed by atoms with E-state index in [0.29, 0.717) is 0 Å². The highest BCUT2D eigenvalue weighted by atomic mass is 16.4. The summed E-state index contributed by atoms with van der Waals surface area (Å²) >= 11 is 0. The van der Waals surface area contributed by atoms with E-state index < -0.39 is 5.97 Å². The Morgan fingerprint density at radius 2 is 1.90 bits per heavy atom. The normalized spacial score (nSPS) is 15.1. The van der Waals surface area contributed by atoms with E-state index in [9.17, 15) is 9.59 Å². The molecule has 2 N–H and O–H groups in total. The highest BCUT2D eigenvalue weighted by Gasteiger charge is 2.16. The zero-order valence-electron chi connectivity index (χ0n) is 12.5. The van der Waals surface area contributed by atoms with Gasteiger partial charge in [-0.05, 0) is 48.8 Å². The third-order valence-corrected chi connectivity index (χ3v) is 4.08. The average Bonchev–Trinajstić information content (AvgIpc) is 2.50. The van der Waals surface area contributed by atoms with Gasteiger partial charge in [-0.15, -0.1) is 0 Å². The average molecular weight is 289 g/mol. The van der Waals surface area contributed by atoms with Crippen molar-refractivity contribution in [1.29, 1.82) is 0 Å². The van der Waals surface area contributed by atoms with Crippen LogP contribution in [-0.2, 0) is 22.4 Å². The molecular weight excluding hydrogens is 266 g/mol. The Kier molecular flexibility index (Phi) is 5.37. The number of carboxylic acids is 1. The minimum absolute atomic E-state index is 0.0291. The zero-order valence-corrected chi connectivity index (χ0v) is 12.5. The molecule has 0 bridgehead atoms. The maximum Gasteiger partial charge on any atom is 0.303 e. The quantitative estimate of drug-likeness (QED) is 0.846. The smallest absolute Gasteiger partial charge is 0.303 e. The van der Waals surface area contributed by atoms with Crippen LogP contribution in [0.1, 0.15) is 61.8 Å². The molecule has 2 rings (SSSR count). The largest absolute Gasteiger partial charge is 0.481 e. The van der Waals surface area contributed by atoms with Gasteiger partial charge in [0.25, 0.3) is 0 Å². The van der Waals surface area contributed by atoms with Crippen LogP contribution in [0.5, 0.6) is 0 Å². The molecule has 0 spiro atoms. The third-order valence-electron chi connectivity index (χ3n) is 4.08. The van der Waals surface area contributed by atoms with Crippen molar-refractivity contribution in [3.8, 4) is 0 Å². The van der Waals surface area contributed by atoms with E-state index >= 15 is 0 Å². The van der Waals surface area contributed by atoms with Crippen LogP contribution in [-0.4, -0.2) is 17.0 Å². The van der Waals surface area contributed by atoms with Gasteiger partial charge in [-0.1, -0.05) is 25.1 Å². The molecule has 21 heavy (non-hydrogen) atoms. The molecule has 1 aliphatic rings. The number of nitrogens with one attached hydrogen (secondary N) is 1. The van der Waals surface area contributed by atoms with Crippen molar-refractivity contribution in [2.75, 3.05) is 0 Å². The van der Waals surface area contributed by atoms with Gasteiger partial charge in [0.1, 0.15) is 0 Å².